The van der Waals surface area contributed by atoms with Gasteiger partial charge in [0.15, 0.2) is 5.78 Å². The summed E-state index contributed by atoms with van der Waals surface area (Å²) in [5.41, 5.74) is 2.94. The van der Waals surface area contributed by atoms with E-state index >= 15 is 0 Å². The van der Waals surface area contributed by atoms with E-state index < -0.39 is 0 Å². The summed E-state index contributed by atoms with van der Waals surface area (Å²) in [5, 5.41) is 2.33. The Labute approximate surface area is 131 Å². The number of rotatable bonds is 4. The van der Waals surface area contributed by atoms with Crippen LogP contribution < -0.4 is 4.90 Å². The normalized spacial score (nSPS) is 10.6. The Hall–Kier alpha value is -2.61. The largest absolute Gasteiger partial charge is 0.378 e. The van der Waals surface area contributed by atoms with Gasteiger partial charge in [0.25, 0.3) is 0 Å². The second kappa shape index (κ2) is 6.02. The van der Waals surface area contributed by atoms with Gasteiger partial charge in [0.2, 0.25) is 0 Å². The highest BCUT2D eigenvalue weighted by Gasteiger charge is 2.09. The molecule has 3 rings (SSSR count). The van der Waals surface area contributed by atoms with Crippen molar-refractivity contribution in [2.75, 3.05) is 19.0 Å². The van der Waals surface area contributed by atoms with Crippen molar-refractivity contribution in [2.45, 2.75) is 6.42 Å². The zero-order chi connectivity index (χ0) is 15.5. The summed E-state index contributed by atoms with van der Waals surface area (Å²) in [5.74, 6) is 0.154. The Kier molecular flexibility index (Phi) is 3.92. The summed E-state index contributed by atoms with van der Waals surface area (Å²) < 4.78 is 0. The van der Waals surface area contributed by atoms with Crippen LogP contribution in [-0.2, 0) is 6.42 Å². The number of nitrogens with zero attached hydrogens (tertiary/aromatic N) is 1. The third-order valence-corrected chi connectivity index (χ3v) is 3.94. The van der Waals surface area contributed by atoms with Gasteiger partial charge in [-0.2, -0.15) is 0 Å². The van der Waals surface area contributed by atoms with Gasteiger partial charge in [-0.25, -0.2) is 0 Å². The van der Waals surface area contributed by atoms with Crippen molar-refractivity contribution in [1.29, 1.82) is 0 Å². The standard InChI is InChI=1S/C20H19NO/c1-21(2)18-12-10-16(11-13-18)20(22)14-17-8-5-7-15-6-3-4-9-19(15)17/h3-13H,14H2,1-2H3. The molecule has 0 aliphatic carbocycles. The van der Waals surface area contributed by atoms with E-state index in [2.05, 4.69) is 18.2 Å². The Balaban J connectivity index is 1.87. The van der Waals surface area contributed by atoms with E-state index in [-0.39, 0.29) is 5.78 Å². The van der Waals surface area contributed by atoms with Crippen LogP contribution >= 0.6 is 0 Å². The predicted octanol–water partition coefficient (Wildman–Crippen LogP) is 4.33. The molecule has 0 fully saturated rings. The number of fused-ring (bicyclic) bond motifs is 1. The van der Waals surface area contributed by atoms with E-state index in [1.54, 1.807) is 0 Å². The van der Waals surface area contributed by atoms with Crippen LogP contribution in [0.4, 0.5) is 5.69 Å². The third-order valence-electron chi connectivity index (χ3n) is 3.94. The second-order valence-corrected chi connectivity index (χ2v) is 5.68. The molecule has 0 aliphatic rings. The van der Waals surface area contributed by atoms with Gasteiger partial charge in [0, 0.05) is 31.8 Å². The Morgan fingerprint density at radius 2 is 1.55 bits per heavy atom. The molecule has 0 aromatic heterocycles. The van der Waals surface area contributed by atoms with Crippen LogP contribution in [0.25, 0.3) is 10.8 Å². The van der Waals surface area contributed by atoms with E-state index in [0.29, 0.717) is 6.42 Å². The molecule has 0 atom stereocenters. The fraction of sp³-hybridized carbons (Fsp3) is 0.150. The molecule has 0 heterocycles. The number of anilines is 1. The van der Waals surface area contributed by atoms with Crippen molar-refractivity contribution in [3.05, 3.63) is 77.9 Å². The maximum atomic E-state index is 12.5. The monoisotopic (exact) mass is 289 g/mol. The van der Waals surface area contributed by atoms with Crippen molar-refractivity contribution < 1.29 is 4.79 Å². The zero-order valence-electron chi connectivity index (χ0n) is 12.9. The average Bonchev–Trinajstić information content (AvgIpc) is 2.55. The van der Waals surface area contributed by atoms with Crippen LogP contribution in [0.3, 0.4) is 0 Å². The first-order valence-corrected chi connectivity index (χ1v) is 7.42. The van der Waals surface area contributed by atoms with Crippen molar-refractivity contribution >= 4 is 22.2 Å². The van der Waals surface area contributed by atoms with Gasteiger partial charge in [0.1, 0.15) is 0 Å². The average molecular weight is 289 g/mol. The molecule has 0 saturated heterocycles. The maximum Gasteiger partial charge on any atom is 0.167 e. The highest BCUT2D eigenvalue weighted by Crippen LogP contribution is 2.21. The lowest BCUT2D eigenvalue weighted by atomic mass is 9.97. The molecule has 0 unspecified atom stereocenters. The first kappa shape index (κ1) is 14.3. The van der Waals surface area contributed by atoms with Gasteiger partial charge in [-0.15, -0.1) is 0 Å². The topological polar surface area (TPSA) is 20.3 Å². The molecule has 0 radical (unpaired) electrons. The highest BCUT2D eigenvalue weighted by atomic mass is 16.1. The van der Waals surface area contributed by atoms with Crippen LogP contribution in [0.1, 0.15) is 15.9 Å². The van der Waals surface area contributed by atoms with Crippen LogP contribution in [0.15, 0.2) is 66.7 Å². The van der Waals surface area contributed by atoms with Crippen LogP contribution in [0, 0.1) is 0 Å². The van der Waals surface area contributed by atoms with E-state index in [1.807, 2.05) is 67.5 Å². The SMILES string of the molecule is CN(C)c1ccc(C(=O)Cc2cccc3ccccc23)cc1. The molecule has 2 nitrogen and oxygen atoms in total. The predicted molar refractivity (Wildman–Crippen MR) is 92.8 cm³/mol. The van der Waals surface area contributed by atoms with Crippen molar-refractivity contribution in [3.63, 3.8) is 0 Å². The number of carbonyl (C=O) groups excluding carboxylic acids is 1. The van der Waals surface area contributed by atoms with Crippen molar-refractivity contribution in [3.8, 4) is 0 Å². The fourth-order valence-electron chi connectivity index (χ4n) is 2.67. The van der Waals surface area contributed by atoms with Gasteiger partial charge in [-0.05, 0) is 40.6 Å². The molecule has 0 saturated carbocycles. The van der Waals surface area contributed by atoms with E-state index in [0.717, 1.165) is 22.2 Å². The minimum absolute atomic E-state index is 0.154. The fourth-order valence-corrected chi connectivity index (χ4v) is 2.67. The van der Waals surface area contributed by atoms with Gasteiger partial charge in [-0.1, -0.05) is 42.5 Å². The Morgan fingerprint density at radius 1 is 0.864 bits per heavy atom. The van der Waals surface area contributed by atoms with Gasteiger partial charge >= 0.3 is 0 Å². The maximum absolute atomic E-state index is 12.5. The van der Waals surface area contributed by atoms with Gasteiger partial charge < -0.3 is 4.90 Å². The lowest BCUT2D eigenvalue weighted by Crippen LogP contribution is -2.09. The third kappa shape index (κ3) is 2.86. The summed E-state index contributed by atoms with van der Waals surface area (Å²) in [7, 11) is 3.99. The van der Waals surface area contributed by atoms with Crippen molar-refractivity contribution in [2.24, 2.45) is 0 Å². The van der Waals surface area contributed by atoms with E-state index in [4.69, 9.17) is 0 Å². The molecule has 0 spiro atoms. The molecule has 0 amide bonds. The summed E-state index contributed by atoms with van der Waals surface area (Å²) in [6.07, 6.45) is 0.433. The molecular formula is C20H19NO. The lowest BCUT2D eigenvalue weighted by molar-refractivity contribution is 0.0993. The van der Waals surface area contributed by atoms with Crippen LogP contribution in [0.2, 0.25) is 0 Å². The quantitative estimate of drug-likeness (QED) is 0.666. The Bertz CT molecular complexity index is 798. The molecule has 0 aliphatic heterocycles. The lowest BCUT2D eigenvalue weighted by Gasteiger charge is -2.12. The summed E-state index contributed by atoms with van der Waals surface area (Å²) >= 11 is 0. The molecule has 0 bridgehead atoms. The number of Topliss-reactive ketones (excluding diaryl/α,β-unsaturated/α-hetero) is 1. The first-order valence-electron chi connectivity index (χ1n) is 7.42. The van der Waals surface area contributed by atoms with Crippen molar-refractivity contribution in [1.82, 2.24) is 0 Å². The molecular weight excluding hydrogens is 270 g/mol. The highest BCUT2D eigenvalue weighted by molar-refractivity contribution is 6.00. The van der Waals surface area contributed by atoms with Crippen LogP contribution in [0.5, 0.6) is 0 Å². The molecule has 2 heteroatoms. The van der Waals surface area contributed by atoms with E-state index in [9.17, 15) is 4.79 Å². The summed E-state index contributed by atoms with van der Waals surface area (Å²) in [6, 6.07) is 22.1. The number of carbonyl (C=O) groups is 1. The summed E-state index contributed by atoms with van der Waals surface area (Å²) in [4.78, 5) is 14.6. The second-order valence-electron chi connectivity index (χ2n) is 5.68. The molecule has 3 aromatic carbocycles. The van der Waals surface area contributed by atoms with Crippen LogP contribution in [-0.4, -0.2) is 19.9 Å². The molecule has 0 N–H and O–H groups in total. The van der Waals surface area contributed by atoms with E-state index in [1.165, 1.54) is 5.39 Å². The number of benzene rings is 3. The zero-order valence-corrected chi connectivity index (χ0v) is 12.9. The number of hydrogen-bond acceptors (Lipinski definition) is 2. The molecule has 110 valence electrons. The first-order chi connectivity index (χ1) is 10.6. The van der Waals surface area contributed by atoms with Gasteiger partial charge in [-0.3, -0.25) is 4.79 Å². The number of hydrogen-bond donors (Lipinski definition) is 0. The minimum Gasteiger partial charge on any atom is -0.378 e. The molecule has 22 heavy (non-hydrogen) atoms. The number of ketones is 1. The smallest absolute Gasteiger partial charge is 0.167 e. The van der Waals surface area contributed by atoms with Gasteiger partial charge in [0.05, 0.1) is 0 Å². The molecule has 3 aromatic rings. The minimum atomic E-state index is 0.154. The Morgan fingerprint density at radius 3 is 2.27 bits per heavy atom. The summed E-state index contributed by atoms with van der Waals surface area (Å²) in [6.45, 7) is 0.